The highest BCUT2D eigenvalue weighted by Crippen LogP contribution is 2.36. The molecule has 3 aromatic rings. The summed E-state index contributed by atoms with van der Waals surface area (Å²) >= 11 is 7.28. The molecule has 0 aliphatic carbocycles. The van der Waals surface area contributed by atoms with Gasteiger partial charge in [-0.3, -0.25) is 4.79 Å². The van der Waals surface area contributed by atoms with Crippen LogP contribution in [0.3, 0.4) is 0 Å². The molecule has 0 amide bonds. The van der Waals surface area contributed by atoms with Gasteiger partial charge in [0.25, 0.3) is 0 Å². The highest BCUT2D eigenvalue weighted by molar-refractivity contribution is 7.18. The number of furan rings is 1. The lowest BCUT2D eigenvalue weighted by Gasteiger charge is -1.95. The second-order valence-electron chi connectivity index (χ2n) is 4.35. The summed E-state index contributed by atoms with van der Waals surface area (Å²) < 4.78 is 5.37. The van der Waals surface area contributed by atoms with Crippen LogP contribution in [0.15, 0.2) is 47.1 Å². The second-order valence-corrected chi connectivity index (χ2v) is 5.79. The fraction of sp³-hybridized carbons (Fsp3) is 0.0667. The van der Waals surface area contributed by atoms with Crippen LogP contribution in [0, 0.1) is 0 Å². The van der Waals surface area contributed by atoms with Crippen molar-refractivity contribution < 1.29 is 14.3 Å². The highest BCUT2D eigenvalue weighted by Gasteiger charge is 2.18. The molecule has 3 rings (SSSR count). The predicted octanol–water partition coefficient (Wildman–Crippen LogP) is 4.35. The maximum atomic E-state index is 11.0. The van der Waals surface area contributed by atoms with Crippen LogP contribution in [0.1, 0.15) is 5.69 Å². The predicted molar refractivity (Wildman–Crippen MR) is 81.6 cm³/mol. The summed E-state index contributed by atoms with van der Waals surface area (Å²) in [7, 11) is 0. The number of benzene rings is 1. The van der Waals surface area contributed by atoms with Crippen molar-refractivity contribution in [3.63, 3.8) is 0 Å². The molecule has 0 saturated carbocycles. The van der Waals surface area contributed by atoms with Crippen molar-refractivity contribution in [1.29, 1.82) is 0 Å². The molecule has 0 aliphatic rings. The number of nitrogens with zero attached hydrogens (tertiary/aromatic N) is 1. The summed E-state index contributed by atoms with van der Waals surface area (Å²) in [5.41, 5.74) is 1.40. The van der Waals surface area contributed by atoms with Gasteiger partial charge in [-0.1, -0.05) is 23.7 Å². The van der Waals surface area contributed by atoms with E-state index in [2.05, 4.69) is 4.98 Å². The van der Waals surface area contributed by atoms with E-state index < -0.39 is 5.97 Å². The minimum atomic E-state index is -0.921. The molecular weight excluding hydrogens is 310 g/mol. The molecule has 0 aliphatic heterocycles. The topological polar surface area (TPSA) is 63.3 Å². The van der Waals surface area contributed by atoms with E-state index in [0.717, 1.165) is 15.4 Å². The third-order valence-electron chi connectivity index (χ3n) is 2.85. The Kier molecular flexibility index (Phi) is 3.77. The summed E-state index contributed by atoms with van der Waals surface area (Å²) in [6.45, 7) is 0. The number of halogens is 1. The smallest absolute Gasteiger partial charge is 0.309 e. The van der Waals surface area contributed by atoms with Crippen LogP contribution in [0.4, 0.5) is 0 Å². The van der Waals surface area contributed by atoms with E-state index in [1.807, 2.05) is 12.1 Å². The van der Waals surface area contributed by atoms with Crippen molar-refractivity contribution in [1.82, 2.24) is 4.98 Å². The van der Waals surface area contributed by atoms with E-state index in [1.165, 1.54) is 11.3 Å². The largest absolute Gasteiger partial charge is 0.481 e. The first-order chi connectivity index (χ1) is 10.1. The molecule has 0 atom stereocenters. The maximum absolute atomic E-state index is 11.0. The van der Waals surface area contributed by atoms with Crippen molar-refractivity contribution in [3.8, 4) is 21.2 Å². The fourth-order valence-electron chi connectivity index (χ4n) is 1.93. The third-order valence-corrected chi connectivity index (χ3v) is 4.27. The molecule has 106 valence electrons. The van der Waals surface area contributed by atoms with Gasteiger partial charge in [-0.15, -0.1) is 11.3 Å². The Hall–Kier alpha value is -2.11. The van der Waals surface area contributed by atoms with Crippen molar-refractivity contribution in [3.05, 3.63) is 53.4 Å². The lowest BCUT2D eigenvalue weighted by Crippen LogP contribution is -2.01. The number of hydrogen-bond acceptors (Lipinski definition) is 4. The zero-order valence-electron chi connectivity index (χ0n) is 10.7. The molecule has 0 radical (unpaired) electrons. The minimum Gasteiger partial charge on any atom is -0.481 e. The molecule has 1 N–H and O–H groups in total. The van der Waals surface area contributed by atoms with Crippen LogP contribution in [0.25, 0.3) is 21.2 Å². The zero-order valence-corrected chi connectivity index (χ0v) is 12.3. The average Bonchev–Trinajstić information content (AvgIpc) is 3.08. The van der Waals surface area contributed by atoms with E-state index in [0.29, 0.717) is 16.5 Å². The van der Waals surface area contributed by atoms with Gasteiger partial charge in [0.1, 0.15) is 10.8 Å². The van der Waals surface area contributed by atoms with Gasteiger partial charge < -0.3 is 9.52 Å². The van der Waals surface area contributed by atoms with Crippen LogP contribution in [0.2, 0.25) is 5.02 Å². The molecule has 0 spiro atoms. The van der Waals surface area contributed by atoms with E-state index in [9.17, 15) is 4.79 Å². The van der Waals surface area contributed by atoms with E-state index in [-0.39, 0.29) is 6.42 Å². The Labute approximate surface area is 129 Å². The van der Waals surface area contributed by atoms with Crippen LogP contribution in [-0.2, 0) is 11.2 Å². The zero-order chi connectivity index (χ0) is 14.8. The molecule has 0 bridgehead atoms. The Morgan fingerprint density at radius 2 is 2.05 bits per heavy atom. The minimum absolute atomic E-state index is 0.139. The van der Waals surface area contributed by atoms with Gasteiger partial charge in [0.2, 0.25) is 0 Å². The van der Waals surface area contributed by atoms with Gasteiger partial charge >= 0.3 is 5.97 Å². The highest BCUT2D eigenvalue weighted by atomic mass is 35.5. The van der Waals surface area contributed by atoms with Gasteiger partial charge in [-0.2, -0.15) is 0 Å². The number of aromatic nitrogens is 1. The van der Waals surface area contributed by atoms with Gasteiger partial charge in [0, 0.05) is 10.6 Å². The number of hydrogen-bond donors (Lipinski definition) is 1. The summed E-state index contributed by atoms with van der Waals surface area (Å²) in [5, 5.41) is 10.4. The summed E-state index contributed by atoms with van der Waals surface area (Å²) in [4.78, 5) is 16.2. The normalized spacial score (nSPS) is 10.7. The molecule has 2 heterocycles. The van der Waals surface area contributed by atoms with Crippen molar-refractivity contribution in [2.75, 3.05) is 0 Å². The quantitative estimate of drug-likeness (QED) is 0.776. The number of thiazole rings is 1. The summed E-state index contributed by atoms with van der Waals surface area (Å²) in [6.07, 6.45) is 1.42. The van der Waals surface area contributed by atoms with E-state index in [1.54, 1.807) is 30.5 Å². The SMILES string of the molecule is O=C(O)Cc1nc(-c2ccc(Cl)cc2)sc1-c1ccco1. The first-order valence-electron chi connectivity index (χ1n) is 6.15. The maximum Gasteiger partial charge on any atom is 0.309 e. The Balaban J connectivity index is 2.07. The number of carboxylic acid groups (broad SMARTS) is 1. The lowest BCUT2D eigenvalue weighted by molar-refractivity contribution is -0.136. The van der Waals surface area contributed by atoms with Crippen molar-refractivity contribution in [2.45, 2.75) is 6.42 Å². The number of aliphatic carboxylic acids is 1. The molecule has 0 fully saturated rings. The fourth-order valence-corrected chi connectivity index (χ4v) is 3.11. The van der Waals surface area contributed by atoms with Gasteiger partial charge in [-0.05, 0) is 24.3 Å². The van der Waals surface area contributed by atoms with Gasteiger partial charge in [0.05, 0.1) is 23.3 Å². The Bertz CT molecular complexity index is 763. The Morgan fingerprint density at radius 3 is 2.67 bits per heavy atom. The number of carbonyl (C=O) groups is 1. The van der Waals surface area contributed by atoms with Crippen molar-refractivity contribution >= 4 is 28.9 Å². The third kappa shape index (κ3) is 2.99. The average molecular weight is 320 g/mol. The summed E-state index contributed by atoms with van der Waals surface area (Å²) in [5.74, 6) is -0.292. The molecule has 0 saturated heterocycles. The molecule has 4 nitrogen and oxygen atoms in total. The Morgan fingerprint density at radius 1 is 1.29 bits per heavy atom. The first kappa shape index (κ1) is 13.9. The van der Waals surface area contributed by atoms with E-state index >= 15 is 0 Å². The van der Waals surface area contributed by atoms with Gasteiger partial charge in [-0.25, -0.2) is 4.98 Å². The number of rotatable bonds is 4. The standard InChI is InChI=1S/C15H10ClNO3S/c16-10-5-3-9(4-6-10)15-17-11(8-13(18)19)14(21-15)12-2-1-7-20-12/h1-7H,8H2,(H,18,19). The molecule has 1 aromatic carbocycles. The molecular formula is C15H10ClNO3S. The van der Waals surface area contributed by atoms with Crippen LogP contribution in [0.5, 0.6) is 0 Å². The van der Waals surface area contributed by atoms with Gasteiger partial charge in [0.15, 0.2) is 0 Å². The van der Waals surface area contributed by atoms with Crippen molar-refractivity contribution in [2.24, 2.45) is 0 Å². The molecule has 2 aromatic heterocycles. The molecule has 0 unspecified atom stereocenters. The lowest BCUT2D eigenvalue weighted by atomic mass is 10.2. The van der Waals surface area contributed by atoms with Crippen LogP contribution >= 0.6 is 22.9 Å². The monoisotopic (exact) mass is 319 g/mol. The molecule has 6 heteroatoms. The second kappa shape index (κ2) is 5.71. The molecule has 21 heavy (non-hydrogen) atoms. The van der Waals surface area contributed by atoms with Crippen LogP contribution < -0.4 is 0 Å². The number of carboxylic acids is 1. The summed E-state index contributed by atoms with van der Waals surface area (Å²) in [6, 6.07) is 10.8. The van der Waals surface area contributed by atoms with E-state index in [4.69, 9.17) is 21.1 Å². The first-order valence-corrected chi connectivity index (χ1v) is 7.34. The van der Waals surface area contributed by atoms with Crippen LogP contribution in [-0.4, -0.2) is 16.1 Å².